The highest BCUT2D eigenvalue weighted by Gasteiger charge is 2.41. The highest BCUT2D eigenvalue weighted by molar-refractivity contribution is 6.46. The zero-order chi connectivity index (χ0) is 22.1. The summed E-state index contributed by atoms with van der Waals surface area (Å²) in [4.78, 5) is 28.1. The number of imide groups is 1. The van der Waals surface area contributed by atoms with Gasteiger partial charge in [-0.05, 0) is 55.3 Å². The molecule has 0 saturated carbocycles. The van der Waals surface area contributed by atoms with E-state index in [4.69, 9.17) is 4.74 Å². The van der Waals surface area contributed by atoms with E-state index in [9.17, 15) is 14.0 Å². The molecule has 0 unspecified atom stereocenters. The average Bonchev–Trinajstić information content (AvgIpc) is 2.98. The topological polar surface area (TPSA) is 58.6 Å². The van der Waals surface area contributed by atoms with E-state index in [1.165, 1.54) is 25.3 Å². The van der Waals surface area contributed by atoms with Gasteiger partial charge in [0, 0.05) is 5.69 Å². The predicted octanol–water partition coefficient (Wildman–Crippen LogP) is 4.85. The summed E-state index contributed by atoms with van der Waals surface area (Å²) >= 11 is 0. The van der Waals surface area contributed by atoms with Gasteiger partial charge in [-0.2, -0.15) is 0 Å². The molecular formula is C25H21FN2O3. The minimum absolute atomic E-state index is 0.0861. The molecule has 6 heteroatoms. The number of halogens is 1. The molecule has 0 aromatic heterocycles. The van der Waals surface area contributed by atoms with Crippen molar-refractivity contribution >= 4 is 28.8 Å². The van der Waals surface area contributed by atoms with Crippen LogP contribution >= 0.6 is 0 Å². The number of benzene rings is 3. The molecule has 5 nitrogen and oxygen atoms in total. The van der Waals surface area contributed by atoms with Crippen molar-refractivity contribution in [2.24, 2.45) is 0 Å². The number of aryl methyl sites for hydroxylation is 2. The molecule has 0 aliphatic carbocycles. The van der Waals surface area contributed by atoms with Gasteiger partial charge in [0.25, 0.3) is 11.8 Å². The molecule has 0 fully saturated rings. The monoisotopic (exact) mass is 416 g/mol. The molecule has 156 valence electrons. The van der Waals surface area contributed by atoms with E-state index in [1.54, 1.807) is 30.3 Å². The van der Waals surface area contributed by atoms with E-state index in [0.29, 0.717) is 22.7 Å². The van der Waals surface area contributed by atoms with Crippen molar-refractivity contribution < 1.29 is 18.7 Å². The van der Waals surface area contributed by atoms with E-state index in [1.807, 2.05) is 32.0 Å². The lowest BCUT2D eigenvalue weighted by Gasteiger charge is -2.19. The second-order valence-corrected chi connectivity index (χ2v) is 7.37. The van der Waals surface area contributed by atoms with Crippen LogP contribution in [0, 0.1) is 19.7 Å². The van der Waals surface area contributed by atoms with Crippen molar-refractivity contribution in [1.82, 2.24) is 0 Å². The highest BCUT2D eigenvalue weighted by atomic mass is 19.1. The summed E-state index contributed by atoms with van der Waals surface area (Å²) in [7, 11) is 1.49. The largest absolute Gasteiger partial charge is 0.495 e. The van der Waals surface area contributed by atoms with Crippen molar-refractivity contribution in [2.45, 2.75) is 13.8 Å². The summed E-state index contributed by atoms with van der Waals surface area (Å²) in [5, 5.41) is 2.96. The number of ether oxygens (including phenoxy) is 1. The van der Waals surface area contributed by atoms with E-state index < -0.39 is 17.6 Å². The Morgan fingerprint density at radius 2 is 1.58 bits per heavy atom. The SMILES string of the molecule is COc1ccc(C)cc1N1C(=O)C(Nc2cccc(F)c2)=C(c2ccc(C)cc2)C1=O. The normalized spacial score (nSPS) is 13.7. The van der Waals surface area contributed by atoms with E-state index in [-0.39, 0.29) is 11.3 Å². The first-order valence-corrected chi connectivity index (χ1v) is 9.76. The number of anilines is 2. The van der Waals surface area contributed by atoms with Crippen LogP contribution in [0.15, 0.2) is 72.4 Å². The number of amides is 2. The first-order valence-electron chi connectivity index (χ1n) is 9.76. The summed E-state index contributed by atoms with van der Waals surface area (Å²) in [5.41, 5.74) is 3.53. The molecule has 1 aliphatic rings. The van der Waals surface area contributed by atoms with Crippen molar-refractivity contribution in [3.63, 3.8) is 0 Å². The quantitative estimate of drug-likeness (QED) is 0.604. The lowest BCUT2D eigenvalue weighted by molar-refractivity contribution is -0.120. The molecule has 0 atom stereocenters. The van der Waals surface area contributed by atoms with Gasteiger partial charge in [0.05, 0.1) is 18.4 Å². The molecule has 4 rings (SSSR count). The van der Waals surface area contributed by atoms with E-state index in [2.05, 4.69) is 5.32 Å². The van der Waals surface area contributed by atoms with Crippen LogP contribution in [0.5, 0.6) is 5.75 Å². The zero-order valence-electron chi connectivity index (χ0n) is 17.4. The van der Waals surface area contributed by atoms with Gasteiger partial charge in [0.2, 0.25) is 0 Å². The summed E-state index contributed by atoms with van der Waals surface area (Å²) in [6, 6.07) is 18.4. The second kappa shape index (κ2) is 8.07. The van der Waals surface area contributed by atoms with Crippen LogP contribution in [0.3, 0.4) is 0 Å². The molecule has 3 aromatic carbocycles. The van der Waals surface area contributed by atoms with Gasteiger partial charge in [0.1, 0.15) is 17.3 Å². The lowest BCUT2D eigenvalue weighted by atomic mass is 10.0. The Kier molecular flexibility index (Phi) is 5.29. The Labute approximate surface area is 179 Å². The molecule has 0 radical (unpaired) electrons. The van der Waals surface area contributed by atoms with Gasteiger partial charge < -0.3 is 10.1 Å². The summed E-state index contributed by atoms with van der Waals surface area (Å²) < 4.78 is 19.1. The molecule has 0 bridgehead atoms. The Morgan fingerprint density at radius 3 is 2.26 bits per heavy atom. The van der Waals surface area contributed by atoms with Gasteiger partial charge >= 0.3 is 0 Å². The number of methoxy groups -OCH3 is 1. The number of hydrogen-bond donors (Lipinski definition) is 1. The molecule has 1 heterocycles. The van der Waals surface area contributed by atoms with Gasteiger partial charge in [-0.25, -0.2) is 9.29 Å². The van der Waals surface area contributed by atoms with Crippen LogP contribution in [0.1, 0.15) is 16.7 Å². The van der Waals surface area contributed by atoms with Crippen LogP contribution < -0.4 is 15.0 Å². The number of rotatable bonds is 5. The number of hydrogen-bond acceptors (Lipinski definition) is 4. The summed E-state index contributed by atoms with van der Waals surface area (Å²) in [6.45, 7) is 3.81. The Bertz CT molecular complexity index is 1220. The first-order chi connectivity index (χ1) is 14.9. The summed E-state index contributed by atoms with van der Waals surface area (Å²) in [5.74, 6) is -1.05. The third-order valence-electron chi connectivity index (χ3n) is 5.09. The highest BCUT2D eigenvalue weighted by Crippen LogP contribution is 2.38. The molecule has 0 saturated heterocycles. The van der Waals surface area contributed by atoms with Gasteiger partial charge in [-0.15, -0.1) is 0 Å². The van der Waals surface area contributed by atoms with Gasteiger partial charge in [-0.3, -0.25) is 9.59 Å². The third-order valence-corrected chi connectivity index (χ3v) is 5.09. The minimum atomic E-state index is -0.534. The molecule has 1 aliphatic heterocycles. The maximum Gasteiger partial charge on any atom is 0.282 e. The number of carbonyl (C=O) groups excluding carboxylic acids is 2. The second-order valence-electron chi connectivity index (χ2n) is 7.37. The Morgan fingerprint density at radius 1 is 0.871 bits per heavy atom. The number of nitrogens with zero attached hydrogens (tertiary/aromatic N) is 1. The first kappa shape index (κ1) is 20.3. The minimum Gasteiger partial charge on any atom is -0.495 e. The van der Waals surface area contributed by atoms with Crippen molar-refractivity contribution in [1.29, 1.82) is 0 Å². The Hall–Kier alpha value is -3.93. The molecule has 31 heavy (non-hydrogen) atoms. The van der Waals surface area contributed by atoms with Gasteiger partial charge in [0.15, 0.2) is 0 Å². The smallest absolute Gasteiger partial charge is 0.282 e. The van der Waals surface area contributed by atoms with Crippen LogP contribution in [0.25, 0.3) is 5.57 Å². The number of nitrogens with one attached hydrogen (secondary N) is 1. The fourth-order valence-corrected chi connectivity index (χ4v) is 3.54. The fraction of sp³-hybridized carbons (Fsp3) is 0.120. The molecule has 2 amide bonds. The average molecular weight is 416 g/mol. The fourth-order valence-electron chi connectivity index (χ4n) is 3.54. The van der Waals surface area contributed by atoms with Crippen LogP contribution in [0.4, 0.5) is 15.8 Å². The maximum atomic E-state index is 13.7. The van der Waals surface area contributed by atoms with E-state index in [0.717, 1.165) is 16.0 Å². The Balaban J connectivity index is 1.86. The standard InChI is InChI=1S/C25H21FN2O3/c1-15-7-10-17(11-8-15)22-23(27-19-6-4-5-18(26)14-19)25(30)28(24(22)29)20-13-16(2)9-12-21(20)31-3/h4-14,27H,1-3H3. The third kappa shape index (κ3) is 3.80. The van der Waals surface area contributed by atoms with Crippen molar-refractivity contribution in [2.75, 3.05) is 17.3 Å². The predicted molar refractivity (Wildman–Crippen MR) is 118 cm³/mol. The summed E-state index contributed by atoms with van der Waals surface area (Å²) in [6.07, 6.45) is 0. The molecule has 0 spiro atoms. The molecule has 3 aromatic rings. The van der Waals surface area contributed by atoms with Crippen LogP contribution in [-0.2, 0) is 9.59 Å². The number of carbonyl (C=O) groups is 2. The van der Waals surface area contributed by atoms with Crippen LogP contribution in [0.2, 0.25) is 0 Å². The lowest BCUT2D eigenvalue weighted by Crippen LogP contribution is -2.32. The molecular weight excluding hydrogens is 395 g/mol. The van der Waals surface area contributed by atoms with Crippen LogP contribution in [-0.4, -0.2) is 18.9 Å². The van der Waals surface area contributed by atoms with Crippen molar-refractivity contribution in [3.8, 4) is 5.75 Å². The van der Waals surface area contributed by atoms with Crippen molar-refractivity contribution in [3.05, 3.63) is 94.9 Å². The zero-order valence-corrected chi connectivity index (χ0v) is 17.4. The maximum absolute atomic E-state index is 13.7. The van der Waals surface area contributed by atoms with E-state index >= 15 is 0 Å². The molecule has 1 N–H and O–H groups in total. The van der Waals surface area contributed by atoms with Gasteiger partial charge in [-0.1, -0.05) is 42.0 Å².